The van der Waals surface area contributed by atoms with E-state index in [1.54, 1.807) is 30.3 Å². The topological polar surface area (TPSA) is 82.6 Å². The van der Waals surface area contributed by atoms with Gasteiger partial charge in [-0.3, -0.25) is 4.79 Å². The quantitative estimate of drug-likeness (QED) is 0.144. The number of hydrogen-bond donors (Lipinski definition) is 0. The van der Waals surface area contributed by atoms with Crippen molar-refractivity contribution in [2.75, 3.05) is 6.61 Å². The Balaban J connectivity index is 1.30. The van der Waals surface area contributed by atoms with Gasteiger partial charge in [0.1, 0.15) is 5.75 Å². The monoisotopic (exact) mass is 501 g/mol. The Kier molecular flexibility index (Phi) is 7.04. The summed E-state index contributed by atoms with van der Waals surface area (Å²) in [6, 6.07) is 31.7. The highest BCUT2D eigenvalue weighted by atomic mass is 16.5. The summed E-state index contributed by atoms with van der Waals surface area (Å²) in [4.78, 5) is 42.8. The number of ketones is 1. The normalized spacial score (nSPS) is 10.7. The van der Waals surface area contributed by atoms with Crippen LogP contribution in [-0.2, 0) is 4.74 Å². The van der Waals surface area contributed by atoms with E-state index in [1.165, 1.54) is 24.3 Å². The third-order valence-corrected chi connectivity index (χ3v) is 5.98. The maximum Gasteiger partial charge on any atom is 0.343 e. The van der Waals surface area contributed by atoms with Crippen LogP contribution in [0.3, 0.4) is 0 Å². The average molecular weight is 502 g/mol. The van der Waals surface area contributed by atoms with E-state index in [4.69, 9.17) is 14.5 Å². The van der Waals surface area contributed by atoms with Gasteiger partial charge in [0.2, 0.25) is 0 Å². The van der Waals surface area contributed by atoms with Gasteiger partial charge in [-0.05, 0) is 61.5 Å². The lowest BCUT2D eigenvalue weighted by molar-refractivity contribution is 0.0476. The first kappa shape index (κ1) is 24.6. The van der Waals surface area contributed by atoms with E-state index in [0.717, 1.165) is 11.1 Å². The van der Waals surface area contributed by atoms with Gasteiger partial charge >= 0.3 is 11.9 Å². The van der Waals surface area contributed by atoms with E-state index in [1.807, 2.05) is 61.5 Å². The smallest absolute Gasteiger partial charge is 0.343 e. The molecule has 38 heavy (non-hydrogen) atoms. The molecule has 5 aromatic rings. The Hall–Kier alpha value is -5.10. The SMILES string of the molecule is Cc1ccc2nc(-c3ccccc3)cc(C(=O)OCC(=O)c3ccc(OC(=O)c4ccccc4)cc3)c2c1. The molecule has 0 spiro atoms. The predicted octanol–water partition coefficient (Wildman–Crippen LogP) is 6.47. The van der Waals surface area contributed by atoms with Crippen molar-refractivity contribution in [1.82, 2.24) is 4.98 Å². The standard InChI is InChI=1S/C32H23NO5/c1-21-12-17-28-26(18-21)27(19-29(33-28)22-8-4-2-5-9-22)32(36)37-20-30(34)23-13-15-25(16-14-23)38-31(35)24-10-6-3-7-11-24/h2-19H,20H2,1H3. The van der Waals surface area contributed by atoms with Crippen LogP contribution < -0.4 is 4.74 Å². The zero-order chi connectivity index (χ0) is 26.5. The highest BCUT2D eigenvalue weighted by molar-refractivity contribution is 6.06. The van der Waals surface area contributed by atoms with Crippen molar-refractivity contribution in [3.63, 3.8) is 0 Å². The third kappa shape index (κ3) is 5.50. The molecule has 0 N–H and O–H groups in total. The number of rotatable bonds is 7. The van der Waals surface area contributed by atoms with Gasteiger partial charge in [-0.15, -0.1) is 0 Å². The van der Waals surface area contributed by atoms with Crippen LogP contribution in [0.2, 0.25) is 0 Å². The minimum absolute atomic E-state index is 0.305. The van der Waals surface area contributed by atoms with Crippen molar-refractivity contribution in [2.24, 2.45) is 0 Å². The summed E-state index contributed by atoms with van der Waals surface area (Å²) in [6.45, 7) is 1.50. The fourth-order valence-corrected chi connectivity index (χ4v) is 4.01. The van der Waals surface area contributed by atoms with Gasteiger partial charge in [0, 0.05) is 16.5 Å². The van der Waals surface area contributed by atoms with E-state index in [2.05, 4.69) is 0 Å². The molecule has 0 saturated heterocycles. The van der Waals surface area contributed by atoms with E-state index < -0.39 is 18.5 Å². The maximum absolute atomic E-state index is 13.1. The Morgan fingerprint density at radius 2 is 1.39 bits per heavy atom. The lowest BCUT2D eigenvalue weighted by atomic mass is 10.0. The molecular formula is C32H23NO5. The Morgan fingerprint density at radius 3 is 2.11 bits per heavy atom. The van der Waals surface area contributed by atoms with Gasteiger partial charge in [-0.1, -0.05) is 60.2 Å². The number of pyridine rings is 1. The van der Waals surface area contributed by atoms with Gasteiger partial charge in [0.25, 0.3) is 0 Å². The van der Waals surface area contributed by atoms with Crippen LogP contribution in [0.15, 0.2) is 109 Å². The van der Waals surface area contributed by atoms with E-state index in [-0.39, 0.29) is 5.78 Å². The van der Waals surface area contributed by atoms with Crippen molar-refractivity contribution in [3.8, 4) is 17.0 Å². The number of fused-ring (bicyclic) bond motifs is 1. The van der Waals surface area contributed by atoms with Crippen molar-refractivity contribution in [2.45, 2.75) is 6.92 Å². The lowest BCUT2D eigenvalue weighted by Gasteiger charge is -2.11. The summed E-state index contributed by atoms with van der Waals surface area (Å²) in [5, 5.41) is 0.659. The molecule has 186 valence electrons. The lowest BCUT2D eigenvalue weighted by Crippen LogP contribution is -2.15. The molecule has 0 saturated carbocycles. The number of carbonyl (C=O) groups excluding carboxylic acids is 3. The van der Waals surface area contributed by atoms with Crippen molar-refractivity contribution >= 4 is 28.6 Å². The molecule has 0 bridgehead atoms. The first-order valence-electron chi connectivity index (χ1n) is 12.0. The first-order chi connectivity index (χ1) is 18.5. The summed E-state index contributed by atoms with van der Waals surface area (Å²) in [5.74, 6) is -1.17. The molecule has 1 heterocycles. The van der Waals surface area contributed by atoms with Crippen LogP contribution in [0.1, 0.15) is 36.6 Å². The molecule has 0 fully saturated rings. The van der Waals surface area contributed by atoms with Crippen molar-refractivity contribution < 1.29 is 23.9 Å². The minimum atomic E-state index is -0.609. The molecule has 0 atom stereocenters. The molecule has 0 amide bonds. The maximum atomic E-state index is 13.1. The largest absolute Gasteiger partial charge is 0.454 e. The summed E-state index contributed by atoms with van der Waals surface area (Å²) in [7, 11) is 0. The number of ether oxygens (including phenoxy) is 2. The number of carbonyl (C=O) groups is 3. The highest BCUT2D eigenvalue weighted by Gasteiger charge is 2.18. The van der Waals surface area contributed by atoms with Crippen LogP contribution in [0.5, 0.6) is 5.75 Å². The van der Waals surface area contributed by atoms with Gasteiger partial charge in [0.05, 0.1) is 22.3 Å². The van der Waals surface area contributed by atoms with Gasteiger partial charge < -0.3 is 9.47 Å². The van der Waals surface area contributed by atoms with Crippen LogP contribution in [-0.4, -0.2) is 29.3 Å². The summed E-state index contributed by atoms with van der Waals surface area (Å²) < 4.78 is 10.8. The average Bonchev–Trinajstić information content (AvgIpc) is 2.96. The molecule has 4 aromatic carbocycles. The summed E-state index contributed by atoms with van der Waals surface area (Å²) >= 11 is 0. The first-order valence-corrected chi connectivity index (χ1v) is 12.0. The van der Waals surface area contributed by atoms with Crippen LogP contribution in [0.4, 0.5) is 0 Å². The third-order valence-electron chi connectivity index (χ3n) is 5.98. The molecule has 1 aromatic heterocycles. The number of nitrogens with zero attached hydrogens (tertiary/aromatic N) is 1. The second kappa shape index (κ2) is 10.9. The molecule has 0 aliphatic rings. The van der Waals surface area contributed by atoms with Gasteiger partial charge in [0.15, 0.2) is 12.4 Å². The van der Waals surface area contributed by atoms with Crippen LogP contribution >= 0.6 is 0 Å². The molecule has 6 nitrogen and oxygen atoms in total. The second-order valence-electron chi connectivity index (χ2n) is 8.72. The molecule has 0 aliphatic heterocycles. The Morgan fingerprint density at radius 1 is 0.711 bits per heavy atom. The zero-order valence-electron chi connectivity index (χ0n) is 20.6. The van der Waals surface area contributed by atoms with E-state index in [0.29, 0.717) is 39.0 Å². The Labute approximate surface area is 219 Å². The van der Waals surface area contributed by atoms with Gasteiger partial charge in [-0.25, -0.2) is 14.6 Å². The molecule has 0 aliphatic carbocycles. The summed E-state index contributed by atoms with van der Waals surface area (Å²) in [5.41, 5.74) is 4.25. The Bertz CT molecular complexity index is 1630. The fourth-order valence-electron chi connectivity index (χ4n) is 4.01. The fraction of sp³-hybridized carbons (Fsp3) is 0.0625. The number of hydrogen-bond acceptors (Lipinski definition) is 6. The van der Waals surface area contributed by atoms with Crippen molar-refractivity contribution in [1.29, 1.82) is 0 Å². The minimum Gasteiger partial charge on any atom is -0.454 e. The zero-order valence-corrected chi connectivity index (χ0v) is 20.6. The molecule has 0 unspecified atom stereocenters. The molecular weight excluding hydrogens is 478 g/mol. The predicted molar refractivity (Wildman–Crippen MR) is 144 cm³/mol. The molecule has 6 heteroatoms. The summed E-state index contributed by atoms with van der Waals surface area (Å²) in [6.07, 6.45) is 0. The second-order valence-corrected chi connectivity index (χ2v) is 8.72. The molecule has 0 radical (unpaired) electrons. The number of benzene rings is 4. The van der Waals surface area contributed by atoms with Crippen molar-refractivity contribution in [3.05, 3.63) is 131 Å². The highest BCUT2D eigenvalue weighted by Crippen LogP contribution is 2.26. The van der Waals surface area contributed by atoms with Crippen LogP contribution in [0, 0.1) is 6.92 Å². The number of aryl methyl sites for hydroxylation is 1. The van der Waals surface area contributed by atoms with Crippen LogP contribution in [0.25, 0.3) is 22.2 Å². The molecule has 5 rings (SSSR count). The number of esters is 2. The van der Waals surface area contributed by atoms with Gasteiger partial charge in [-0.2, -0.15) is 0 Å². The van der Waals surface area contributed by atoms with E-state index in [9.17, 15) is 14.4 Å². The number of aromatic nitrogens is 1. The van der Waals surface area contributed by atoms with E-state index >= 15 is 0 Å². The number of Topliss-reactive ketones (excluding diaryl/α,β-unsaturated/α-hetero) is 1.